The molecule has 0 radical (unpaired) electrons. The molecule has 1 saturated carbocycles. The molecule has 2 atom stereocenters. The van der Waals surface area contributed by atoms with Gasteiger partial charge in [0.1, 0.15) is 5.92 Å². The first-order chi connectivity index (χ1) is 8.54. The molecule has 2 fully saturated rings. The number of piperidine rings is 1. The summed E-state index contributed by atoms with van der Waals surface area (Å²) < 4.78 is 0. The molecule has 0 aromatic carbocycles. The minimum absolute atomic E-state index is 0.0108. The van der Waals surface area contributed by atoms with Crippen molar-refractivity contribution in [2.75, 3.05) is 20.1 Å². The van der Waals surface area contributed by atoms with Gasteiger partial charge in [0.15, 0.2) is 0 Å². The minimum atomic E-state index is -0.686. The third-order valence-electron chi connectivity index (χ3n) is 3.77. The number of nitrogens with zero attached hydrogens (tertiary/aromatic N) is 2. The van der Waals surface area contributed by atoms with Crippen molar-refractivity contribution >= 4 is 11.8 Å². The maximum atomic E-state index is 11.9. The van der Waals surface area contributed by atoms with Crippen LogP contribution in [0.15, 0.2) is 0 Å². The fraction of sp³-hybridized carbons (Fsp3) is 0.818. The Morgan fingerprint density at radius 3 is 2.39 bits per heavy atom. The van der Waals surface area contributed by atoms with Gasteiger partial charge < -0.3 is 10.2 Å². The third-order valence-corrected chi connectivity index (χ3v) is 3.77. The lowest BCUT2D eigenvalue weighted by atomic mass is 9.96. The number of nitro groups is 1. The Labute approximate surface area is 105 Å². The number of carbonyl (C=O) groups excluding carboxylic acids is 2. The average molecular weight is 255 g/mol. The van der Waals surface area contributed by atoms with Crippen LogP contribution >= 0.6 is 0 Å². The fourth-order valence-electron chi connectivity index (χ4n) is 2.48. The minimum Gasteiger partial charge on any atom is -0.359 e. The summed E-state index contributed by atoms with van der Waals surface area (Å²) in [5, 5.41) is 13.1. The first-order valence-corrected chi connectivity index (χ1v) is 6.18. The van der Waals surface area contributed by atoms with Gasteiger partial charge in [0.05, 0.1) is 0 Å². The number of amides is 2. The number of hydrogen-bond donors (Lipinski definition) is 1. The summed E-state index contributed by atoms with van der Waals surface area (Å²) in [4.78, 5) is 35.2. The summed E-state index contributed by atoms with van der Waals surface area (Å²) in [5.41, 5.74) is 0. The maximum Gasteiger partial charge on any atom is 0.232 e. The van der Waals surface area contributed by atoms with E-state index in [2.05, 4.69) is 5.32 Å². The van der Waals surface area contributed by atoms with E-state index in [1.807, 2.05) is 0 Å². The van der Waals surface area contributed by atoms with Crippen molar-refractivity contribution in [3.8, 4) is 0 Å². The molecular formula is C11H17N3O4. The summed E-state index contributed by atoms with van der Waals surface area (Å²) in [6.07, 6.45) is 1.64. The van der Waals surface area contributed by atoms with Crippen LogP contribution in [-0.2, 0) is 9.59 Å². The molecule has 0 aromatic heterocycles. The SMILES string of the molecule is CNC(=O)C1CCN(C(=O)[C@H]2C[C@@H]2[N+](=O)[O-])CC1. The monoisotopic (exact) mass is 255 g/mol. The van der Waals surface area contributed by atoms with Crippen LogP contribution in [-0.4, -0.2) is 47.8 Å². The predicted molar refractivity (Wildman–Crippen MR) is 62.3 cm³/mol. The van der Waals surface area contributed by atoms with E-state index in [9.17, 15) is 19.7 Å². The highest BCUT2D eigenvalue weighted by molar-refractivity contribution is 5.83. The lowest BCUT2D eigenvalue weighted by Gasteiger charge is -2.31. The molecule has 0 bridgehead atoms. The summed E-state index contributed by atoms with van der Waals surface area (Å²) in [5.74, 6) is -0.579. The normalized spacial score (nSPS) is 27.7. The van der Waals surface area contributed by atoms with Crippen LogP contribution < -0.4 is 5.32 Å². The second-order valence-electron chi connectivity index (χ2n) is 4.91. The van der Waals surface area contributed by atoms with Crippen LogP contribution in [0.2, 0.25) is 0 Å². The zero-order valence-electron chi connectivity index (χ0n) is 10.3. The molecule has 2 amide bonds. The van der Waals surface area contributed by atoms with E-state index < -0.39 is 12.0 Å². The lowest BCUT2D eigenvalue weighted by molar-refractivity contribution is -0.497. The molecular weight excluding hydrogens is 238 g/mol. The molecule has 1 aliphatic carbocycles. The number of nitrogens with one attached hydrogen (secondary N) is 1. The van der Waals surface area contributed by atoms with E-state index in [0.29, 0.717) is 32.4 Å². The van der Waals surface area contributed by atoms with Crippen molar-refractivity contribution in [2.24, 2.45) is 11.8 Å². The molecule has 0 unspecified atom stereocenters. The van der Waals surface area contributed by atoms with Gasteiger partial charge in [0.2, 0.25) is 17.9 Å². The summed E-state index contributed by atoms with van der Waals surface area (Å²) in [6.45, 7) is 1.05. The van der Waals surface area contributed by atoms with Gasteiger partial charge in [0, 0.05) is 37.4 Å². The van der Waals surface area contributed by atoms with Gasteiger partial charge in [-0.05, 0) is 12.8 Å². The van der Waals surface area contributed by atoms with Crippen LogP contribution in [0.1, 0.15) is 19.3 Å². The Bertz CT molecular complexity index is 376. The van der Waals surface area contributed by atoms with Gasteiger partial charge in [-0.2, -0.15) is 0 Å². The molecule has 1 N–H and O–H groups in total. The molecule has 1 heterocycles. The van der Waals surface area contributed by atoms with E-state index in [1.54, 1.807) is 11.9 Å². The summed E-state index contributed by atoms with van der Waals surface area (Å²) >= 11 is 0. The summed E-state index contributed by atoms with van der Waals surface area (Å²) in [7, 11) is 1.60. The Balaban J connectivity index is 1.82. The molecule has 0 aromatic rings. The molecule has 2 rings (SSSR count). The molecule has 2 aliphatic rings. The Kier molecular flexibility index (Phi) is 3.49. The van der Waals surface area contributed by atoms with E-state index >= 15 is 0 Å². The highest BCUT2D eigenvalue weighted by atomic mass is 16.6. The number of carbonyl (C=O) groups is 2. The zero-order valence-corrected chi connectivity index (χ0v) is 10.3. The Morgan fingerprint density at radius 2 is 1.94 bits per heavy atom. The summed E-state index contributed by atoms with van der Waals surface area (Å²) in [6, 6.07) is -0.686. The van der Waals surface area contributed by atoms with Crippen molar-refractivity contribution in [3.05, 3.63) is 10.1 Å². The van der Waals surface area contributed by atoms with Crippen molar-refractivity contribution < 1.29 is 14.5 Å². The average Bonchev–Trinajstić information content (AvgIpc) is 3.17. The van der Waals surface area contributed by atoms with Crippen LogP contribution in [0.5, 0.6) is 0 Å². The topological polar surface area (TPSA) is 92.6 Å². The van der Waals surface area contributed by atoms with Crippen LogP contribution in [0.25, 0.3) is 0 Å². The standard InChI is InChI=1S/C11H17N3O4/c1-12-10(15)7-2-4-13(5-3-7)11(16)8-6-9(8)14(17)18/h7-9H,2-6H2,1H3,(H,12,15)/t8-,9-/m0/s1. The van der Waals surface area contributed by atoms with Gasteiger partial charge in [-0.3, -0.25) is 19.7 Å². The molecule has 1 aliphatic heterocycles. The molecule has 18 heavy (non-hydrogen) atoms. The first-order valence-electron chi connectivity index (χ1n) is 6.18. The van der Waals surface area contributed by atoms with Gasteiger partial charge in [-0.1, -0.05) is 0 Å². The smallest absolute Gasteiger partial charge is 0.232 e. The quantitative estimate of drug-likeness (QED) is 0.550. The van der Waals surface area contributed by atoms with Crippen LogP contribution in [0.3, 0.4) is 0 Å². The molecule has 1 saturated heterocycles. The van der Waals surface area contributed by atoms with E-state index in [4.69, 9.17) is 0 Å². The van der Waals surface area contributed by atoms with Crippen molar-refractivity contribution in [2.45, 2.75) is 25.3 Å². The molecule has 100 valence electrons. The van der Waals surface area contributed by atoms with Gasteiger partial charge in [-0.15, -0.1) is 0 Å². The van der Waals surface area contributed by atoms with E-state index in [0.717, 1.165) is 0 Å². The van der Waals surface area contributed by atoms with Crippen LogP contribution in [0, 0.1) is 22.0 Å². The van der Waals surface area contributed by atoms with Crippen molar-refractivity contribution in [3.63, 3.8) is 0 Å². The second-order valence-corrected chi connectivity index (χ2v) is 4.91. The second kappa shape index (κ2) is 4.91. The molecule has 7 heteroatoms. The van der Waals surface area contributed by atoms with Crippen LogP contribution in [0.4, 0.5) is 0 Å². The predicted octanol–water partition coefficient (Wildman–Crippen LogP) is -0.364. The van der Waals surface area contributed by atoms with Gasteiger partial charge >= 0.3 is 0 Å². The first kappa shape index (κ1) is 12.8. The third kappa shape index (κ3) is 2.44. The van der Waals surface area contributed by atoms with Crippen molar-refractivity contribution in [1.82, 2.24) is 10.2 Å². The number of likely N-dealkylation sites (tertiary alicyclic amines) is 1. The zero-order chi connectivity index (χ0) is 13.3. The Morgan fingerprint density at radius 1 is 1.33 bits per heavy atom. The molecule has 0 spiro atoms. The Hall–Kier alpha value is -1.66. The molecule has 7 nitrogen and oxygen atoms in total. The van der Waals surface area contributed by atoms with Crippen molar-refractivity contribution in [1.29, 1.82) is 0 Å². The lowest BCUT2D eigenvalue weighted by Crippen LogP contribution is -2.43. The highest BCUT2D eigenvalue weighted by Crippen LogP contribution is 2.35. The van der Waals surface area contributed by atoms with E-state index in [1.165, 1.54) is 0 Å². The van der Waals surface area contributed by atoms with Gasteiger partial charge in [-0.25, -0.2) is 0 Å². The highest BCUT2D eigenvalue weighted by Gasteiger charge is 2.54. The van der Waals surface area contributed by atoms with Gasteiger partial charge in [0.25, 0.3) is 0 Å². The van der Waals surface area contributed by atoms with E-state index in [-0.39, 0.29) is 22.7 Å². The maximum absolute atomic E-state index is 11.9. The number of rotatable bonds is 3. The number of hydrogen-bond acceptors (Lipinski definition) is 4. The largest absolute Gasteiger partial charge is 0.359 e. The fourth-order valence-corrected chi connectivity index (χ4v) is 2.48.